The Morgan fingerprint density at radius 3 is 2.86 bits per heavy atom. The van der Waals surface area contributed by atoms with Crippen LogP contribution < -0.4 is 10.5 Å². The average molecular weight is 325 g/mol. The molecule has 2 N–H and O–H groups in total. The van der Waals surface area contributed by atoms with Gasteiger partial charge in [-0.05, 0) is 38.0 Å². The highest BCUT2D eigenvalue weighted by Gasteiger charge is 2.31. The molecule has 0 unspecified atom stereocenters. The molecule has 0 aliphatic carbocycles. The molecule has 2 amide bonds. The Morgan fingerprint density at radius 2 is 2.18 bits per heavy atom. The van der Waals surface area contributed by atoms with Gasteiger partial charge in [-0.1, -0.05) is 17.7 Å². The number of likely N-dealkylation sites (tertiary alicyclic amines) is 1. The van der Waals surface area contributed by atoms with Crippen molar-refractivity contribution in [3.63, 3.8) is 0 Å². The largest absolute Gasteiger partial charge is 0.493 e. The molecule has 2 atom stereocenters. The third-order valence-corrected chi connectivity index (χ3v) is 4.22. The van der Waals surface area contributed by atoms with Crippen LogP contribution in [0.2, 0.25) is 5.02 Å². The Hall–Kier alpha value is -1.75. The number of piperidine rings is 1. The van der Waals surface area contributed by atoms with Crippen LogP contribution in [0.5, 0.6) is 5.75 Å². The number of ether oxygens (including phenoxy) is 1. The monoisotopic (exact) mass is 324 g/mol. The highest BCUT2D eigenvalue weighted by atomic mass is 35.5. The van der Waals surface area contributed by atoms with E-state index in [0.717, 1.165) is 12.8 Å². The summed E-state index contributed by atoms with van der Waals surface area (Å²) in [7, 11) is 0. The van der Waals surface area contributed by atoms with E-state index in [1.165, 1.54) is 0 Å². The summed E-state index contributed by atoms with van der Waals surface area (Å²) in [5.74, 6) is 0.0522. The molecule has 1 saturated heterocycles. The van der Waals surface area contributed by atoms with Gasteiger partial charge in [0.1, 0.15) is 5.75 Å². The van der Waals surface area contributed by atoms with E-state index in [2.05, 4.69) is 0 Å². The number of benzene rings is 1. The zero-order chi connectivity index (χ0) is 16.1. The second-order valence-electron chi connectivity index (χ2n) is 5.63. The first kappa shape index (κ1) is 16.6. The van der Waals surface area contributed by atoms with E-state index < -0.39 is 0 Å². The minimum Gasteiger partial charge on any atom is -0.493 e. The van der Waals surface area contributed by atoms with E-state index in [9.17, 15) is 9.59 Å². The molecule has 6 heteroatoms. The molecule has 0 spiro atoms. The zero-order valence-corrected chi connectivity index (χ0v) is 13.4. The van der Waals surface area contributed by atoms with Crippen molar-refractivity contribution in [2.75, 3.05) is 13.2 Å². The predicted molar refractivity (Wildman–Crippen MR) is 84.7 cm³/mol. The topological polar surface area (TPSA) is 72.6 Å². The van der Waals surface area contributed by atoms with Gasteiger partial charge in [0, 0.05) is 17.6 Å². The average Bonchev–Trinajstić information content (AvgIpc) is 2.47. The van der Waals surface area contributed by atoms with Crippen molar-refractivity contribution in [2.45, 2.75) is 32.2 Å². The van der Waals surface area contributed by atoms with Crippen molar-refractivity contribution in [3.05, 3.63) is 29.3 Å². The van der Waals surface area contributed by atoms with Gasteiger partial charge in [-0.2, -0.15) is 0 Å². The van der Waals surface area contributed by atoms with Gasteiger partial charge in [0.15, 0.2) is 0 Å². The SMILES string of the molecule is C[C@@H]1CC[C@@H](C(N)=O)CN1C(=O)CCOc1cccc(Cl)c1. The lowest BCUT2D eigenvalue weighted by Crippen LogP contribution is -2.48. The summed E-state index contributed by atoms with van der Waals surface area (Å²) in [5, 5.41) is 0.595. The summed E-state index contributed by atoms with van der Waals surface area (Å²) >= 11 is 5.87. The maximum atomic E-state index is 12.3. The molecule has 0 saturated carbocycles. The first-order chi connectivity index (χ1) is 10.5. The van der Waals surface area contributed by atoms with Crippen molar-refractivity contribution in [1.29, 1.82) is 0 Å². The second kappa shape index (κ2) is 7.49. The van der Waals surface area contributed by atoms with Crippen LogP contribution in [0, 0.1) is 5.92 Å². The minimum absolute atomic E-state index is 0.0134. The van der Waals surface area contributed by atoms with E-state index in [1.54, 1.807) is 29.2 Å². The summed E-state index contributed by atoms with van der Waals surface area (Å²) < 4.78 is 5.53. The van der Waals surface area contributed by atoms with Crippen molar-refractivity contribution in [2.24, 2.45) is 11.7 Å². The number of carbonyl (C=O) groups excluding carboxylic acids is 2. The van der Waals surface area contributed by atoms with Crippen LogP contribution in [0.25, 0.3) is 0 Å². The van der Waals surface area contributed by atoms with Crippen molar-refractivity contribution < 1.29 is 14.3 Å². The standard InChI is InChI=1S/C16H21ClN2O3/c1-11-5-6-12(16(18)21)10-19(11)15(20)7-8-22-14-4-2-3-13(17)9-14/h2-4,9,11-12H,5-8,10H2,1H3,(H2,18,21)/t11-,12-/m1/s1. The first-order valence-electron chi connectivity index (χ1n) is 7.44. The van der Waals surface area contributed by atoms with E-state index in [0.29, 0.717) is 17.3 Å². The molecule has 0 aromatic heterocycles. The number of hydrogen-bond acceptors (Lipinski definition) is 3. The highest BCUT2D eigenvalue weighted by molar-refractivity contribution is 6.30. The van der Waals surface area contributed by atoms with Crippen LogP contribution in [-0.2, 0) is 9.59 Å². The fraction of sp³-hybridized carbons (Fsp3) is 0.500. The minimum atomic E-state index is -0.333. The van der Waals surface area contributed by atoms with Gasteiger partial charge in [0.2, 0.25) is 11.8 Å². The van der Waals surface area contributed by atoms with Gasteiger partial charge in [0.25, 0.3) is 0 Å². The fourth-order valence-electron chi connectivity index (χ4n) is 2.64. The van der Waals surface area contributed by atoms with Crippen LogP contribution in [0.15, 0.2) is 24.3 Å². The summed E-state index contributed by atoms with van der Waals surface area (Å²) in [6, 6.07) is 7.19. The van der Waals surface area contributed by atoms with Gasteiger partial charge in [-0.25, -0.2) is 0 Å². The highest BCUT2D eigenvalue weighted by Crippen LogP contribution is 2.22. The van der Waals surface area contributed by atoms with Crippen molar-refractivity contribution in [1.82, 2.24) is 4.90 Å². The van der Waals surface area contributed by atoms with E-state index in [1.807, 2.05) is 6.92 Å². The Balaban J connectivity index is 1.84. The maximum Gasteiger partial charge on any atom is 0.226 e. The number of amides is 2. The number of carbonyl (C=O) groups is 2. The summed E-state index contributed by atoms with van der Waals surface area (Å²) in [6.07, 6.45) is 1.82. The Kier molecular flexibility index (Phi) is 5.66. The van der Waals surface area contributed by atoms with Gasteiger partial charge in [0.05, 0.1) is 18.9 Å². The molecular formula is C16H21ClN2O3. The van der Waals surface area contributed by atoms with Crippen LogP contribution in [0.4, 0.5) is 0 Å². The smallest absolute Gasteiger partial charge is 0.226 e. The van der Waals surface area contributed by atoms with Gasteiger partial charge < -0.3 is 15.4 Å². The summed E-state index contributed by atoms with van der Waals surface area (Å²) in [4.78, 5) is 25.3. The fourth-order valence-corrected chi connectivity index (χ4v) is 2.82. The molecule has 1 fully saturated rings. The number of nitrogens with two attached hydrogens (primary N) is 1. The molecule has 1 aromatic rings. The molecule has 120 valence electrons. The second-order valence-corrected chi connectivity index (χ2v) is 6.06. The predicted octanol–water partition coefficient (Wildman–Crippen LogP) is 2.22. The molecule has 1 aliphatic rings. The molecule has 1 heterocycles. The van der Waals surface area contributed by atoms with Crippen LogP contribution in [0.3, 0.4) is 0 Å². The third kappa shape index (κ3) is 4.37. The number of primary amides is 1. The van der Waals surface area contributed by atoms with Gasteiger partial charge in [-0.3, -0.25) is 9.59 Å². The zero-order valence-electron chi connectivity index (χ0n) is 12.6. The Bertz CT molecular complexity index is 550. The van der Waals surface area contributed by atoms with E-state index in [4.69, 9.17) is 22.1 Å². The molecule has 0 radical (unpaired) electrons. The molecule has 1 aromatic carbocycles. The number of hydrogen-bond donors (Lipinski definition) is 1. The molecule has 5 nitrogen and oxygen atoms in total. The van der Waals surface area contributed by atoms with E-state index in [-0.39, 0.29) is 36.8 Å². The van der Waals surface area contributed by atoms with Gasteiger partial charge >= 0.3 is 0 Å². The van der Waals surface area contributed by atoms with Crippen molar-refractivity contribution >= 4 is 23.4 Å². The maximum absolute atomic E-state index is 12.3. The van der Waals surface area contributed by atoms with E-state index >= 15 is 0 Å². The lowest BCUT2D eigenvalue weighted by atomic mass is 9.92. The van der Waals surface area contributed by atoms with Crippen LogP contribution in [-0.4, -0.2) is 35.9 Å². The third-order valence-electron chi connectivity index (χ3n) is 3.99. The molecule has 0 bridgehead atoms. The quantitative estimate of drug-likeness (QED) is 0.902. The van der Waals surface area contributed by atoms with Crippen molar-refractivity contribution in [3.8, 4) is 5.75 Å². The lowest BCUT2D eigenvalue weighted by molar-refractivity contribution is -0.138. The number of halogens is 1. The number of rotatable bonds is 5. The van der Waals surface area contributed by atoms with Gasteiger partial charge in [-0.15, -0.1) is 0 Å². The normalized spacial score (nSPS) is 21.5. The molecule has 2 rings (SSSR count). The molecule has 1 aliphatic heterocycles. The molecule has 22 heavy (non-hydrogen) atoms. The first-order valence-corrected chi connectivity index (χ1v) is 7.82. The summed E-state index contributed by atoms with van der Waals surface area (Å²) in [6.45, 7) is 2.68. The Labute approximate surface area is 135 Å². The summed E-state index contributed by atoms with van der Waals surface area (Å²) in [5.41, 5.74) is 5.35. The number of nitrogens with zero attached hydrogens (tertiary/aromatic N) is 1. The Morgan fingerprint density at radius 1 is 1.41 bits per heavy atom. The molecular weight excluding hydrogens is 304 g/mol. The van der Waals surface area contributed by atoms with Crippen LogP contribution in [0.1, 0.15) is 26.2 Å². The van der Waals surface area contributed by atoms with Crippen LogP contribution >= 0.6 is 11.6 Å². The lowest BCUT2D eigenvalue weighted by Gasteiger charge is -2.37.